The fourth-order valence-corrected chi connectivity index (χ4v) is 2.34. The Morgan fingerprint density at radius 1 is 1.35 bits per heavy atom. The molecule has 0 saturated heterocycles. The molecule has 0 spiro atoms. The first-order chi connectivity index (χ1) is 8.08. The van der Waals surface area contributed by atoms with Crippen molar-refractivity contribution in [2.75, 3.05) is 0 Å². The number of hydrogen-bond acceptors (Lipinski definition) is 2. The van der Waals surface area contributed by atoms with E-state index in [0.717, 1.165) is 22.9 Å². The number of Topliss-reactive ketones (excluding diaryl/α,β-unsaturated/α-hetero) is 1. The van der Waals surface area contributed by atoms with Gasteiger partial charge >= 0.3 is 0 Å². The summed E-state index contributed by atoms with van der Waals surface area (Å²) in [5.74, 6) is 0.464. The molecule has 17 heavy (non-hydrogen) atoms. The van der Waals surface area contributed by atoms with Crippen molar-refractivity contribution in [1.29, 1.82) is 0 Å². The Morgan fingerprint density at radius 2 is 2.12 bits per heavy atom. The van der Waals surface area contributed by atoms with Crippen LogP contribution in [0.5, 0.6) is 0 Å². The number of benzene rings is 1. The smallest absolute Gasteiger partial charge is 0.166 e. The van der Waals surface area contributed by atoms with Crippen molar-refractivity contribution in [3.8, 4) is 0 Å². The quantitative estimate of drug-likeness (QED) is 0.732. The predicted molar refractivity (Wildman–Crippen MR) is 68.0 cm³/mol. The van der Waals surface area contributed by atoms with E-state index in [4.69, 9.17) is 0 Å². The van der Waals surface area contributed by atoms with E-state index in [1.807, 2.05) is 30.3 Å². The maximum Gasteiger partial charge on any atom is 0.166 e. The van der Waals surface area contributed by atoms with Gasteiger partial charge < -0.3 is 0 Å². The molecular weight excluding hydrogens is 210 g/mol. The molecule has 2 heteroatoms. The summed E-state index contributed by atoms with van der Waals surface area (Å²) in [7, 11) is 0. The Kier molecular flexibility index (Phi) is 2.09. The van der Waals surface area contributed by atoms with Crippen LogP contribution in [0.2, 0.25) is 0 Å². The maximum absolute atomic E-state index is 12.2. The zero-order valence-corrected chi connectivity index (χ0v) is 10.1. The van der Waals surface area contributed by atoms with E-state index >= 15 is 0 Å². The molecular formula is C15H15NO. The van der Waals surface area contributed by atoms with Crippen LogP contribution in [0, 0.1) is 11.3 Å². The predicted octanol–water partition coefficient (Wildman–Crippen LogP) is 3.46. The molecule has 0 amide bonds. The van der Waals surface area contributed by atoms with Crippen LogP contribution < -0.4 is 0 Å². The molecule has 86 valence electrons. The number of pyridine rings is 1. The number of nitrogens with zero attached hydrogens (tertiary/aromatic N) is 1. The minimum Gasteiger partial charge on any atom is -0.294 e. The van der Waals surface area contributed by atoms with E-state index in [2.05, 4.69) is 18.8 Å². The first-order valence-corrected chi connectivity index (χ1v) is 5.97. The minimum absolute atomic E-state index is 0.191. The molecule has 1 saturated carbocycles. The lowest BCUT2D eigenvalue weighted by atomic mass is 10.0. The summed E-state index contributed by atoms with van der Waals surface area (Å²) >= 11 is 0. The highest BCUT2D eigenvalue weighted by Crippen LogP contribution is 2.53. The number of fused-ring (bicyclic) bond motifs is 1. The van der Waals surface area contributed by atoms with Gasteiger partial charge in [0.05, 0.1) is 5.52 Å². The van der Waals surface area contributed by atoms with E-state index in [9.17, 15) is 4.79 Å². The summed E-state index contributed by atoms with van der Waals surface area (Å²) in [5.41, 5.74) is 1.89. The molecule has 0 aliphatic heterocycles. The summed E-state index contributed by atoms with van der Waals surface area (Å²) in [5, 5.41) is 1.08. The second-order valence-corrected chi connectivity index (χ2v) is 5.52. The summed E-state index contributed by atoms with van der Waals surface area (Å²) < 4.78 is 0. The van der Waals surface area contributed by atoms with Gasteiger partial charge in [0.25, 0.3) is 0 Å². The Balaban J connectivity index is 1.99. The van der Waals surface area contributed by atoms with E-state index in [1.54, 1.807) is 6.20 Å². The van der Waals surface area contributed by atoms with Gasteiger partial charge in [0.2, 0.25) is 0 Å². The van der Waals surface area contributed by atoms with E-state index in [1.165, 1.54) is 0 Å². The van der Waals surface area contributed by atoms with Gasteiger partial charge in [-0.05, 0) is 24.0 Å². The highest BCUT2D eigenvalue weighted by atomic mass is 16.1. The summed E-state index contributed by atoms with van der Waals surface area (Å²) in [6.07, 6.45) is 2.77. The maximum atomic E-state index is 12.2. The molecule has 1 aliphatic carbocycles. The van der Waals surface area contributed by atoms with Gasteiger partial charge in [-0.1, -0.05) is 32.0 Å². The van der Waals surface area contributed by atoms with E-state index < -0.39 is 0 Å². The highest BCUT2D eigenvalue weighted by Gasteiger charge is 2.50. The summed E-state index contributed by atoms with van der Waals surface area (Å²) in [6, 6.07) is 9.73. The average molecular weight is 225 g/mol. The van der Waals surface area contributed by atoms with Gasteiger partial charge in [0, 0.05) is 23.1 Å². The number of aromatic nitrogens is 1. The Hall–Kier alpha value is -1.70. The molecule has 1 heterocycles. The van der Waals surface area contributed by atoms with Crippen molar-refractivity contribution >= 4 is 16.7 Å². The van der Waals surface area contributed by atoms with Crippen molar-refractivity contribution in [3.63, 3.8) is 0 Å². The number of rotatable bonds is 2. The molecule has 2 aromatic rings. The van der Waals surface area contributed by atoms with Crippen LogP contribution in [0.15, 0.2) is 36.5 Å². The molecule has 0 radical (unpaired) electrons. The van der Waals surface area contributed by atoms with Crippen LogP contribution in [-0.2, 0) is 0 Å². The molecule has 1 aromatic heterocycles. The Morgan fingerprint density at radius 3 is 2.82 bits per heavy atom. The third-order valence-electron chi connectivity index (χ3n) is 3.72. The van der Waals surface area contributed by atoms with Crippen molar-refractivity contribution in [2.45, 2.75) is 20.3 Å². The topological polar surface area (TPSA) is 30.0 Å². The van der Waals surface area contributed by atoms with Crippen molar-refractivity contribution in [1.82, 2.24) is 4.98 Å². The van der Waals surface area contributed by atoms with Gasteiger partial charge in [-0.15, -0.1) is 0 Å². The fourth-order valence-electron chi connectivity index (χ4n) is 2.34. The number of ketones is 1. The molecule has 3 rings (SSSR count). The normalized spacial score (nSPS) is 21.4. The van der Waals surface area contributed by atoms with E-state index in [0.29, 0.717) is 0 Å². The molecule has 1 aliphatic rings. The van der Waals surface area contributed by atoms with Crippen molar-refractivity contribution in [3.05, 3.63) is 42.1 Å². The lowest BCUT2D eigenvalue weighted by molar-refractivity contribution is 0.0953. The fraction of sp³-hybridized carbons (Fsp3) is 0.333. The highest BCUT2D eigenvalue weighted by molar-refractivity contribution is 6.02. The van der Waals surface area contributed by atoms with Crippen LogP contribution in [0.1, 0.15) is 30.6 Å². The van der Waals surface area contributed by atoms with Crippen LogP contribution in [-0.4, -0.2) is 10.8 Å². The van der Waals surface area contributed by atoms with Crippen molar-refractivity contribution in [2.24, 2.45) is 11.3 Å². The largest absolute Gasteiger partial charge is 0.294 e. The second kappa shape index (κ2) is 3.39. The van der Waals surface area contributed by atoms with Gasteiger partial charge in [0.1, 0.15) is 0 Å². The standard InChI is InChI=1S/C15H15NO/c1-15(2)9-12(15)14(17)11-6-5-10-4-3-7-16-13(10)8-11/h3-8,12H,9H2,1-2H3. The summed E-state index contributed by atoms with van der Waals surface area (Å²) in [6.45, 7) is 4.30. The molecule has 1 unspecified atom stereocenters. The van der Waals surface area contributed by atoms with Crippen LogP contribution >= 0.6 is 0 Å². The van der Waals surface area contributed by atoms with E-state index in [-0.39, 0.29) is 17.1 Å². The Labute approximate surface area is 101 Å². The van der Waals surface area contributed by atoms with Crippen molar-refractivity contribution < 1.29 is 4.79 Å². The van der Waals surface area contributed by atoms with Gasteiger partial charge in [-0.2, -0.15) is 0 Å². The second-order valence-electron chi connectivity index (χ2n) is 5.52. The minimum atomic E-state index is 0.191. The monoisotopic (exact) mass is 225 g/mol. The number of carbonyl (C=O) groups excluding carboxylic acids is 1. The first-order valence-electron chi connectivity index (χ1n) is 5.97. The van der Waals surface area contributed by atoms with Gasteiger partial charge in [-0.3, -0.25) is 9.78 Å². The number of carbonyl (C=O) groups is 1. The van der Waals surface area contributed by atoms with Crippen LogP contribution in [0.25, 0.3) is 10.9 Å². The van der Waals surface area contributed by atoms with Gasteiger partial charge in [0.15, 0.2) is 5.78 Å². The molecule has 1 atom stereocenters. The molecule has 2 nitrogen and oxygen atoms in total. The lowest BCUT2D eigenvalue weighted by Crippen LogP contribution is -2.06. The SMILES string of the molecule is CC1(C)CC1C(=O)c1ccc2cccnc2c1. The zero-order valence-electron chi connectivity index (χ0n) is 10.1. The van der Waals surface area contributed by atoms with Crippen LogP contribution in [0.3, 0.4) is 0 Å². The molecule has 0 N–H and O–H groups in total. The van der Waals surface area contributed by atoms with Crippen LogP contribution in [0.4, 0.5) is 0 Å². The third-order valence-corrected chi connectivity index (χ3v) is 3.72. The summed E-state index contributed by atoms with van der Waals surface area (Å²) in [4.78, 5) is 16.5. The lowest BCUT2D eigenvalue weighted by Gasteiger charge is -2.04. The molecule has 1 fully saturated rings. The Bertz CT molecular complexity index is 601. The molecule has 0 bridgehead atoms. The first kappa shape index (κ1) is 10.5. The van der Waals surface area contributed by atoms with Gasteiger partial charge in [-0.25, -0.2) is 0 Å². The average Bonchev–Trinajstić information content (AvgIpc) is 2.97. The third kappa shape index (κ3) is 1.74. The zero-order chi connectivity index (χ0) is 12.0. The molecule has 1 aromatic carbocycles. The number of hydrogen-bond donors (Lipinski definition) is 0.